The molecule has 1 fully saturated rings. The fourth-order valence-electron chi connectivity index (χ4n) is 4.12. The van der Waals surface area contributed by atoms with E-state index < -0.39 is 53.7 Å². The number of nitrogens with one attached hydrogen (secondary N) is 2. The third-order valence-corrected chi connectivity index (χ3v) is 6.23. The SMILES string of the molecule is COc1ccc(C(=O)N[C@H](C(=O)N2CCC[C@H]2C(=O)N[C@@H](C(C)C)C(O)(O)C(F)(F)F)C(C)C)cc1. The van der Waals surface area contributed by atoms with E-state index in [1.165, 1.54) is 38.0 Å². The summed E-state index contributed by atoms with van der Waals surface area (Å²) in [5.41, 5.74) is 0.291. The van der Waals surface area contributed by atoms with Crippen LogP contribution in [-0.2, 0) is 9.59 Å². The molecule has 0 bridgehead atoms. The predicted octanol–water partition coefficient (Wildman–Crippen LogP) is 1.82. The number of carbonyl (C=O) groups is 3. The first-order chi connectivity index (χ1) is 16.6. The van der Waals surface area contributed by atoms with Crippen LogP contribution in [0.15, 0.2) is 24.3 Å². The smallest absolute Gasteiger partial charge is 0.445 e. The van der Waals surface area contributed by atoms with Crippen molar-refractivity contribution in [2.75, 3.05) is 13.7 Å². The molecule has 1 aromatic carbocycles. The molecule has 1 heterocycles. The first-order valence-corrected chi connectivity index (χ1v) is 11.7. The van der Waals surface area contributed by atoms with Gasteiger partial charge in [-0.3, -0.25) is 14.4 Å². The minimum Gasteiger partial charge on any atom is -0.497 e. The first-order valence-electron chi connectivity index (χ1n) is 11.7. The van der Waals surface area contributed by atoms with E-state index in [-0.39, 0.29) is 18.9 Å². The molecule has 0 saturated carbocycles. The Hall–Kier alpha value is -2.86. The van der Waals surface area contributed by atoms with E-state index in [0.29, 0.717) is 17.7 Å². The number of hydrogen-bond donors (Lipinski definition) is 4. The molecule has 1 saturated heterocycles. The van der Waals surface area contributed by atoms with Gasteiger partial charge in [0.15, 0.2) is 0 Å². The van der Waals surface area contributed by atoms with Gasteiger partial charge in [0.1, 0.15) is 17.8 Å². The van der Waals surface area contributed by atoms with E-state index in [0.717, 1.165) is 0 Å². The van der Waals surface area contributed by atoms with E-state index in [4.69, 9.17) is 4.74 Å². The number of halogens is 3. The Labute approximate surface area is 208 Å². The van der Waals surface area contributed by atoms with Crippen molar-refractivity contribution in [3.8, 4) is 5.75 Å². The van der Waals surface area contributed by atoms with E-state index in [1.807, 2.05) is 0 Å². The van der Waals surface area contributed by atoms with Gasteiger partial charge < -0.3 is 30.5 Å². The molecular weight excluding hydrogens is 483 g/mol. The van der Waals surface area contributed by atoms with Crippen molar-refractivity contribution in [1.82, 2.24) is 15.5 Å². The molecule has 1 aromatic rings. The molecule has 202 valence electrons. The molecule has 1 aliphatic heterocycles. The summed E-state index contributed by atoms with van der Waals surface area (Å²) in [5, 5.41) is 24.2. The van der Waals surface area contributed by atoms with Gasteiger partial charge in [0.05, 0.1) is 13.2 Å². The van der Waals surface area contributed by atoms with Crippen LogP contribution in [0.2, 0.25) is 0 Å². The summed E-state index contributed by atoms with van der Waals surface area (Å²) in [5.74, 6) is -6.95. The highest BCUT2D eigenvalue weighted by Crippen LogP contribution is 2.34. The van der Waals surface area contributed by atoms with Crippen LogP contribution in [0.3, 0.4) is 0 Å². The van der Waals surface area contributed by atoms with Crippen molar-refractivity contribution in [2.45, 2.75) is 70.6 Å². The molecule has 0 spiro atoms. The fraction of sp³-hybridized carbons (Fsp3) is 0.625. The van der Waals surface area contributed by atoms with E-state index >= 15 is 0 Å². The van der Waals surface area contributed by atoms with Crippen molar-refractivity contribution >= 4 is 17.7 Å². The predicted molar refractivity (Wildman–Crippen MR) is 124 cm³/mol. The Bertz CT molecular complexity index is 934. The number of hydrogen-bond acceptors (Lipinski definition) is 6. The van der Waals surface area contributed by atoms with Crippen LogP contribution in [-0.4, -0.2) is 76.6 Å². The van der Waals surface area contributed by atoms with Gasteiger partial charge in [-0.2, -0.15) is 13.2 Å². The van der Waals surface area contributed by atoms with Gasteiger partial charge in [-0.1, -0.05) is 27.7 Å². The molecule has 4 N–H and O–H groups in total. The Morgan fingerprint density at radius 3 is 2.08 bits per heavy atom. The van der Waals surface area contributed by atoms with Crippen LogP contribution >= 0.6 is 0 Å². The summed E-state index contributed by atoms with van der Waals surface area (Å²) in [6.45, 7) is 6.20. The number of methoxy groups -OCH3 is 1. The number of amides is 3. The number of alkyl halides is 3. The Morgan fingerprint density at radius 1 is 1.03 bits per heavy atom. The molecule has 2 rings (SSSR count). The summed E-state index contributed by atoms with van der Waals surface area (Å²) in [6, 6.07) is 2.07. The second kappa shape index (κ2) is 11.5. The number of carbonyl (C=O) groups excluding carboxylic acids is 3. The lowest BCUT2D eigenvalue weighted by Gasteiger charge is -2.37. The highest BCUT2D eigenvalue weighted by atomic mass is 19.4. The average Bonchev–Trinajstić information content (AvgIpc) is 3.29. The largest absolute Gasteiger partial charge is 0.497 e. The van der Waals surface area contributed by atoms with Gasteiger partial charge in [0.2, 0.25) is 11.8 Å². The van der Waals surface area contributed by atoms with E-state index in [2.05, 4.69) is 10.6 Å². The summed E-state index contributed by atoms with van der Waals surface area (Å²) >= 11 is 0. The minimum absolute atomic E-state index is 0.160. The van der Waals surface area contributed by atoms with Crippen LogP contribution < -0.4 is 15.4 Å². The van der Waals surface area contributed by atoms with E-state index in [9.17, 15) is 37.8 Å². The Kier molecular flexibility index (Phi) is 9.35. The van der Waals surface area contributed by atoms with Gasteiger partial charge in [0.25, 0.3) is 11.7 Å². The molecule has 0 aromatic heterocycles. The van der Waals surface area contributed by atoms with Gasteiger partial charge in [0, 0.05) is 12.1 Å². The Balaban J connectivity index is 2.20. The van der Waals surface area contributed by atoms with Crippen LogP contribution in [0.25, 0.3) is 0 Å². The number of nitrogens with zero attached hydrogens (tertiary/aromatic N) is 1. The highest BCUT2D eigenvalue weighted by molar-refractivity contribution is 5.98. The quantitative estimate of drug-likeness (QED) is 0.370. The summed E-state index contributed by atoms with van der Waals surface area (Å²) < 4.78 is 44.7. The topological polar surface area (TPSA) is 128 Å². The zero-order valence-electron chi connectivity index (χ0n) is 20.9. The summed E-state index contributed by atoms with van der Waals surface area (Å²) in [6.07, 6.45) is -4.82. The molecule has 3 atom stereocenters. The second-order valence-electron chi connectivity index (χ2n) is 9.57. The van der Waals surface area contributed by atoms with Crippen LogP contribution in [0.4, 0.5) is 13.2 Å². The number of benzene rings is 1. The normalized spacial score (nSPS) is 18.2. The molecule has 0 radical (unpaired) electrons. The summed E-state index contributed by atoms with van der Waals surface area (Å²) in [4.78, 5) is 40.3. The van der Waals surface area contributed by atoms with Crippen molar-refractivity contribution in [1.29, 1.82) is 0 Å². The van der Waals surface area contributed by atoms with Crippen molar-refractivity contribution in [2.24, 2.45) is 11.8 Å². The monoisotopic (exact) mass is 517 g/mol. The zero-order chi connectivity index (χ0) is 27.4. The number of likely N-dealkylation sites (tertiary alicyclic amines) is 1. The Morgan fingerprint density at radius 2 is 1.61 bits per heavy atom. The molecular formula is C24H34F3N3O6. The fourth-order valence-corrected chi connectivity index (χ4v) is 4.12. The van der Waals surface area contributed by atoms with Crippen molar-refractivity contribution < 1.29 is 42.5 Å². The number of rotatable bonds is 9. The lowest BCUT2D eigenvalue weighted by atomic mass is 9.94. The third-order valence-electron chi connectivity index (χ3n) is 6.23. The summed E-state index contributed by atoms with van der Waals surface area (Å²) in [7, 11) is 1.48. The van der Waals surface area contributed by atoms with E-state index in [1.54, 1.807) is 26.0 Å². The average molecular weight is 518 g/mol. The third kappa shape index (κ3) is 6.47. The number of aliphatic hydroxyl groups is 2. The molecule has 36 heavy (non-hydrogen) atoms. The lowest BCUT2D eigenvalue weighted by molar-refractivity contribution is -0.362. The van der Waals surface area contributed by atoms with Crippen molar-refractivity contribution in [3.05, 3.63) is 29.8 Å². The van der Waals surface area contributed by atoms with Gasteiger partial charge in [-0.15, -0.1) is 0 Å². The van der Waals surface area contributed by atoms with Crippen LogP contribution in [0.5, 0.6) is 5.75 Å². The van der Waals surface area contributed by atoms with Gasteiger partial charge in [-0.25, -0.2) is 0 Å². The maximum atomic E-state index is 13.4. The molecule has 1 aliphatic rings. The molecule has 3 amide bonds. The maximum Gasteiger partial charge on any atom is 0.445 e. The minimum atomic E-state index is -5.41. The van der Waals surface area contributed by atoms with Gasteiger partial charge in [-0.05, 0) is 48.9 Å². The lowest BCUT2D eigenvalue weighted by Crippen LogP contribution is -2.65. The first kappa shape index (κ1) is 29.4. The van der Waals surface area contributed by atoms with Crippen molar-refractivity contribution in [3.63, 3.8) is 0 Å². The van der Waals surface area contributed by atoms with Crippen LogP contribution in [0, 0.1) is 11.8 Å². The highest BCUT2D eigenvalue weighted by Gasteiger charge is 2.59. The molecule has 0 unspecified atom stereocenters. The van der Waals surface area contributed by atoms with Crippen LogP contribution in [0.1, 0.15) is 50.9 Å². The molecule has 0 aliphatic carbocycles. The molecule has 9 nitrogen and oxygen atoms in total. The molecule has 12 heteroatoms. The standard InChI is InChI=1S/C24H34F3N3O6/c1-13(2)18(28-20(31)15-8-10-16(36-5)11-9-15)22(33)30-12-6-7-17(30)21(32)29-19(14(3)4)23(34,35)24(25,26)27/h8-11,13-14,17-19,34-35H,6-7,12H2,1-5H3,(H,28,31)(H,29,32)/t17-,18-,19-/m0/s1. The zero-order valence-corrected chi connectivity index (χ0v) is 20.9. The number of ether oxygens (including phenoxy) is 1. The van der Waals surface area contributed by atoms with Gasteiger partial charge >= 0.3 is 6.18 Å². The maximum absolute atomic E-state index is 13.4. The second-order valence-corrected chi connectivity index (χ2v) is 9.57.